The highest BCUT2D eigenvalue weighted by molar-refractivity contribution is 5.23. The Balaban J connectivity index is 1.77. The predicted molar refractivity (Wildman–Crippen MR) is 84.4 cm³/mol. The molecule has 0 aliphatic heterocycles. The minimum absolute atomic E-state index is 0.181. The Morgan fingerprint density at radius 1 is 0.864 bits per heavy atom. The zero-order chi connectivity index (χ0) is 15.9. The third kappa shape index (κ3) is 4.76. The van der Waals surface area contributed by atoms with Gasteiger partial charge in [0.15, 0.2) is 17.5 Å². The molecule has 124 valence electrons. The van der Waals surface area contributed by atoms with Crippen LogP contribution in [0.3, 0.4) is 0 Å². The summed E-state index contributed by atoms with van der Waals surface area (Å²) in [6, 6.07) is 2.35. The first-order valence-electron chi connectivity index (χ1n) is 8.76. The van der Waals surface area contributed by atoms with Crippen LogP contribution in [0.25, 0.3) is 0 Å². The first kappa shape index (κ1) is 17.4. The van der Waals surface area contributed by atoms with E-state index in [2.05, 4.69) is 6.92 Å². The van der Waals surface area contributed by atoms with Crippen molar-refractivity contribution in [2.75, 3.05) is 0 Å². The van der Waals surface area contributed by atoms with E-state index in [1.54, 1.807) is 0 Å². The van der Waals surface area contributed by atoms with Gasteiger partial charge in [-0.25, -0.2) is 13.2 Å². The molecule has 3 heteroatoms. The molecular weight excluding hydrogens is 285 g/mol. The molecule has 0 amide bonds. The highest BCUT2D eigenvalue weighted by Gasteiger charge is 2.24. The second-order valence-electron chi connectivity index (χ2n) is 6.72. The van der Waals surface area contributed by atoms with Crippen molar-refractivity contribution in [3.63, 3.8) is 0 Å². The number of hydrogen-bond acceptors (Lipinski definition) is 0. The van der Waals surface area contributed by atoms with E-state index >= 15 is 0 Å². The summed E-state index contributed by atoms with van der Waals surface area (Å²) in [4.78, 5) is 0. The summed E-state index contributed by atoms with van der Waals surface area (Å²) in [6.45, 7) is 2.22. The second-order valence-corrected chi connectivity index (χ2v) is 6.72. The van der Waals surface area contributed by atoms with E-state index in [4.69, 9.17) is 0 Å². The standard InChI is InChI=1S/C19H27F3/c1-2-3-4-5-6-7-14-8-10-15(11-9-14)16-12-17(20)19(22)18(21)13-16/h12-15H,2-11H2,1H3/t14-,15-. The van der Waals surface area contributed by atoms with Crippen LogP contribution in [0.2, 0.25) is 0 Å². The van der Waals surface area contributed by atoms with Crippen LogP contribution in [-0.2, 0) is 0 Å². The van der Waals surface area contributed by atoms with Crippen molar-refractivity contribution >= 4 is 0 Å². The van der Waals surface area contributed by atoms with Gasteiger partial charge in [-0.1, -0.05) is 45.4 Å². The molecule has 0 nitrogen and oxygen atoms in total. The van der Waals surface area contributed by atoms with Gasteiger partial charge >= 0.3 is 0 Å². The first-order valence-corrected chi connectivity index (χ1v) is 8.76. The van der Waals surface area contributed by atoms with E-state index in [0.29, 0.717) is 5.56 Å². The minimum Gasteiger partial charge on any atom is -0.204 e. The molecule has 1 aromatic rings. The van der Waals surface area contributed by atoms with Crippen molar-refractivity contribution < 1.29 is 13.2 Å². The average Bonchev–Trinajstić information content (AvgIpc) is 2.52. The Labute approximate surface area is 132 Å². The quantitative estimate of drug-likeness (QED) is 0.386. The smallest absolute Gasteiger partial charge is 0.194 e. The zero-order valence-corrected chi connectivity index (χ0v) is 13.5. The van der Waals surface area contributed by atoms with Gasteiger partial charge in [0.2, 0.25) is 0 Å². The maximum atomic E-state index is 13.3. The fourth-order valence-electron chi connectivity index (χ4n) is 3.63. The molecule has 1 fully saturated rings. The lowest BCUT2D eigenvalue weighted by Crippen LogP contribution is -2.14. The molecule has 22 heavy (non-hydrogen) atoms. The largest absolute Gasteiger partial charge is 0.204 e. The van der Waals surface area contributed by atoms with E-state index < -0.39 is 17.5 Å². The lowest BCUT2D eigenvalue weighted by Gasteiger charge is -2.29. The molecular formula is C19H27F3. The first-order chi connectivity index (χ1) is 10.6. The summed E-state index contributed by atoms with van der Waals surface area (Å²) in [5.41, 5.74) is 0.623. The van der Waals surface area contributed by atoms with Gasteiger partial charge in [-0.2, -0.15) is 0 Å². The van der Waals surface area contributed by atoms with E-state index in [1.807, 2.05) is 0 Å². The molecule has 0 bridgehead atoms. The normalized spacial score (nSPS) is 22.0. The van der Waals surface area contributed by atoms with Crippen molar-refractivity contribution in [3.05, 3.63) is 35.1 Å². The van der Waals surface area contributed by atoms with Crippen LogP contribution < -0.4 is 0 Å². The monoisotopic (exact) mass is 312 g/mol. The second kappa shape index (κ2) is 8.59. The lowest BCUT2D eigenvalue weighted by molar-refractivity contribution is 0.300. The highest BCUT2D eigenvalue weighted by atomic mass is 19.2. The number of unbranched alkanes of at least 4 members (excludes halogenated alkanes) is 4. The van der Waals surface area contributed by atoms with Crippen molar-refractivity contribution in [3.8, 4) is 0 Å². The molecule has 0 atom stereocenters. The van der Waals surface area contributed by atoms with Gasteiger partial charge < -0.3 is 0 Å². The molecule has 0 unspecified atom stereocenters. The summed E-state index contributed by atoms with van der Waals surface area (Å²) in [6.07, 6.45) is 12.0. The van der Waals surface area contributed by atoms with Crippen molar-refractivity contribution in [1.82, 2.24) is 0 Å². The zero-order valence-electron chi connectivity index (χ0n) is 13.5. The summed E-state index contributed by atoms with van der Waals surface area (Å²) >= 11 is 0. The van der Waals surface area contributed by atoms with Crippen LogP contribution >= 0.6 is 0 Å². The van der Waals surface area contributed by atoms with Gasteiger partial charge in [-0.05, 0) is 55.2 Å². The van der Waals surface area contributed by atoms with Crippen molar-refractivity contribution in [1.29, 1.82) is 0 Å². The highest BCUT2D eigenvalue weighted by Crippen LogP contribution is 2.38. The third-order valence-corrected chi connectivity index (χ3v) is 5.04. The van der Waals surface area contributed by atoms with Crippen molar-refractivity contribution in [2.24, 2.45) is 5.92 Å². The summed E-state index contributed by atoms with van der Waals surface area (Å²) < 4.78 is 39.7. The summed E-state index contributed by atoms with van der Waals surface area (Å²) in [5, 5.41) is 0. The van der Waals surface area contributed by atoms with Crippen LogP contribution in [0.4, 0.5) is 13.2 Å². The van der Waals surface area contributed by atoms with Crippen LogP contribution in [0.1, 0.15) is 82.6 Å². The molecule has 0 saturated heterocycles. The fourth-order valence-corrected chi connectivity index (χ4v) is 3.63. The van der Waals surface area contributed by atoms with E-state index in [1.165, 1.54) is 50.7 Å². The fraction of sp³-hybridized carbons (Fsp3) is 0.684. The predicted octanol–water partition coefficient (Wildman–Crippen LogP) is 6.74. The molecule has 1 aliphatic carbocycles. The molecule has 0 spiro atoms. The Morgan fingerprint density at radius 2 is 1.45 bits per heavy atom. The molecule has 0 N–H and O–H groups in total. The molecule has 1 saturated carbocycles. The minimum atomic E-state index is -1.36. The molecule has 0 radical (unpaired) electrons. The summed E-state index contributed by atoms with van der Waals surface area (Å²) in [7, 11) is 0. The van der Waals surface area contributed by atoms with Gasteiger partial charge in [0, 0.05) is 0 Å². The van der Waals surface area contributed by atoms with Crippen molar-refractivity contribution in [2.45, 2.75) is 77.0 Å². The Morgan fingerprint density at radius 3 is 2.05 bits per heavy atom. The molecule has 0 heterocycles. The van der Waals surface area contributed by atoms with E-state index in [9.17, 15) is 13.2 Å². The number of hydrogen-bond donors (Lipinski definition) is 0. The number of rotatable bonds is 7. The Hall–Kier alpha value is -0.990. The van der Waals surface area contributed by atoms with Crippen LogP contribution in [0.5, 0.6) is 0 Å². The maximum Gasteiger partial charge on any atom is 0.194 e. The van der Waals surface area contributed by atoms with Gasteiger partial charge in [0.05, 0.1) is 0 Å². The average molecular weight is 312 g/mol. The molecule has 1 aromatic carbocycles. The van der Waals surface area contributed by atoms with Gasteiger partial charge in [0.1, 0.15) is 0 Å². The van der Waals surface area contributed by atoms with Gasteiger partial charge in [0.25, 0.3) is 0 Å². The van der Waals surface area contributed by atoms with Crippen LogP contribution in [-0.4, -0.2) is 0 Å². The van der Waals surface area contributed by atoms with Gasteiger partial charge in [-0.15, -0.1) is 0 Å². The van der Waals surface area contributed by atoms with Gasteiger partial charge in [-0.3, -0.25) is 0 Å². The Bertz CT molecular complexity index is 439. The molecule has 0 aromatic heterocycles. The SMILES string of the molecule is CCCCCCC[C@H]1CC[C@H](c2cc(F)c(F)c(F)c2)CC1. The van der Waals surface area contributed by atoms with Crippen LogP contribution in [0, 0.1) is 23.4 Å². The van der Waals surface area contributed by atoms with E-state index in [-0.39, 0.29) is 5.92 Å². The molecule has 1 aliphatic rings. The molecule has 2 rings (SSSR count). The lowest BCUT2D eigenvalue weighted by atomic mass is 9.77. The number of halogens is 3. The third-order valence-electron chi connectivity index (χ3n) is 5.04. The maximum absolute atomic E-state index is 13.3. The van der Waals surface area contributed by atoms with E-state index in [0.717, 1.165) is 31.6 Å². The topological polar surface area (TPSA) is 0 Å². The number of benzene rings is 1. The Kier molecular flexibility index (Phi) is 6.78. The van der Waals surface area contributed by atoms with Crippen LogP contribution in [0.15, 0.2) is 12.1 Å². The summed E-state index contributed by atoms with van der Waals surface area (Å²) in [5.74, 6) is -2.54.